The summed E-state index contributed by atoms with van der Waals surface area (Å²) in [6.45, 7) is 8.24. The zero-order valence-corrected chi connectivity index (χ0v) is 20.6. The highest BCUT2D eigenvalue weighted by molar-refractivity contribution is 6.35. The summed E-state index contributed by atoms with van der Waals surface area (Å²) < 4.78 is 7.72. The number of hydrogen-bond donors (Lipinski definition) is 0. The van der Waals surface area contributed by atoms with E-state index in [1.807, 2.05) is 0 Å². The number of benzene rings is 2. The Morgan fingerprint density at radius 2 is 1.79 bits per heavy atom. The van der Waals surface area contributed by atoms with Gasteiger partial charge in [0.05, 0.1) is 10.7 Å². The van der Waals surface area contributed by atoms with E-state index < -0.39 is 5.97 Å². The molecule has 0 N–H and O–H groups in total. The van der Waals surface area contributed by atoms with Crippen LogP contribution in [0.3, 0.4) is 0 Å². The van der Waals surface area contributed by atoms with Gasteiger partial charge in [-0.25, -0.2) is 4.79 Å². The van der Waals surface area contributed by atoms with Crippen molar-refractivity contribution in [3.8, 4) is 11.4 Å². The molecule has 7 heteroatoms. The first-order valence-electron chi connectivity index (χ1n) is 10.8. The summed E-state index contributed by atoms with van der Waals surface area (Å²) in [6.07, 6.45) is 1.60. The van der Waals surface area contributed by atoms with E-state index in [1.165, 1.54) is 11.3 Å². The first-order valence-corrected chi connectivity index (χ1v) is 11.5. The topological polar surface area (TPSA) is 52.8 Å². The molecule has 0 aliphatic heterocycles. The van der Waals surface area contributed by atoms with Crippen molar-refractivity contribution in [2.75, 3.05) is 6.61 Å². The third-order valence-corrected chi connectivity index (χ3v) is 6.21. The first-order chi connectivity index (χ1) is 15.6. The van der Waals surface area contributed by atoms with E-state index in [0.29, 0.717) is 22.2 Å². The summed E-state index contributed by atoms with van der Waals surface area (Å²) in [4.78, 5) is 17.5. The lowest BCUT2D eigenvalue weighted by atomic mass is 9.76. The van der Waals surface area contributed by atoms with Crippen LogP contribution < -0.4 is 4.74 Å². The Morgan fingerprint density at radius 3 is 2.48 bits per heavy atom. The van der Waals surface area contributed by atoms with Crippen LogP contribution in [0.1, 0.15) is 42.8 Å². The molecule has 1 aliphatic rings. The highest BCUT2D eigenvalue weighted by Gasteiger charge is 2.33. The third kappa shape index (κ3) is 5.26. The van der Waals surface area contributed by atoms with Gasteiger partial charge in [-0.05, 0) is 68.5 Å². The minimum Gasteiger partial charge on any atom is -0.480 e. The van der Waals surface area contributed by atoms with E-state index in [2.05, 4.69) is 67.7 Å². The summed E-state index contributed by atoms with van der Waals surface area (Å²) in [6, 6.07) is 15.4. The molecule has 0 saturated carbocycles. The van der Waals surface area contributed by atoms with Gasteiger partial charge in [-0.3, -0.25) is 0 Å². The Morgan fingerprint density at radius 1 is 1.06 bits per heavy atom. The van der Waals surface area contributed by atoms with Gasteiger partial charge in [-0.2, -0.15) is 0 Å². The van der Waals surface area contributed by atoms with Crippen molar-refractivity contribution in [3.05, 3.63) is 81.1 Å². The Kier molecular flexibility index (Phi) is 6.55. The van der Waals surface area contributed by atoms with Crippen molar-refractivity contribution in [1.82, 2.24) is 4.57 Å². The number of hydrogen-bond acceptors (Lipinski definition) is 4. The van der Waals surface area contributed by atoms with Gasteiger partial charge in [0.25, 0.3) is 0 Å². The number of rotatable bonds is 5. The molecule has 0 fully saturated rings. The van der Waals surface area contributed by atoms with Crippen molar-refractivity contribution in [2.24, 2.45) is 10.6 Å². The van der Waals surface area contributed by atoms with Crippen LogP contribution in [0, 0.1) is 19.3 Å². The normalized spacial score (nSPS) is 15.9. The monoisotopic (exact) mass is 484 g/mol. The van der Waals surface area contributed by atoms with Crippen molar-refractivity contribution in [2.45, 2.75) is 40.5 Å². The van der Waals surface area contributed by atoms with Gasteiger partial charge in [0.1, 0.15) is 5.75 Å². The standard InChI is InChI=1S/C26H26Cl2N2O3/c1-16-5-8-19(9-6-16)30-17(2)11-20-22(13-26(3,4)14-23(20)30)29-33-25(31)15-32-24-10-7-18(27)12-21(24)28/h5-12H,13-15H2,1-4H3/b29-22+. The maximum atomic E-state index is 12.3. The SMILES string of the molecule is Cc1ccc(-n2c(C)cc3c2CC(C)(C)C/C3=N\OC(=O)COc2ccc(Cl)cc2Cl)cc1. The fraction of sp³-hybridized carbons (Fsp3) is 0.308. The van der Waals surface area contributed by atoms with Crippen molar-refractivity contribution in [1.29, 1.82) is 0 Å². The van der Waals surface area contributed by atoms with Crippen molar-refractivity contribution >= 4 is 34.9 Å². The van der Waals surface area contributed by atoms with Crippen LogP contribution in [0.5, 0.6) is 5.75 Å². The summed E-state index contributed by atoms with van der Waals surface area (Å²) in [5, 5.41) is 5.07. The molecule has 33 heavy (non-hydrogen) atoms. The molecular formula is C26H26Cl2N2O3. The zero-order chi connectivity index (χ0) is 23.8. The van der Waals surface area contributed by atoms with Crippen LogP contribution in [-0.2, 0) is 16.1 Å². The van der Waals surface area contributed by atoms with E-state index in [4.69, 9.17) is 32.8 Å². The molecule has 0 unspecified atom stereocenters. The molecule has 0 amide bonds. The molecule has 0 spiro atoms. The Bertz CT molecular complexity index is 1230. The lowest BCUT2D eigenvalue weighted by Crippen LogP contribution is -2.29. The van der Waals surface area contributed by atoms with E-state index in [-0.39, 0.29) is 12.0 Å². The lowest BCUT2D eigenvalue weighted by molar-refractivity contribution is -0.146. The lowest BCUT2D eigenvalue weighted by Gasteiger charge is -2.31. The van der Waals surface area contributed by atoms with Crippen molar-refractivity contribution < 1.29 is 14.4 Å². The highest BCUT2D eigenvalue weighted by atomic mass is 35.5. The average Bonchev–Trinajstić information content (AvgIpc) is 3.06. The van der Waals surface area contributed by atoms with E-state index in [0.717, 1.165) is 29.1 Å². The predicted octanol–water partition coefficient (Wildman–Crippen LogP) is 6.70. The van der Waals surface area contributed by atoms with Crippen LogP contribution in [0.2, 0.25) is 10.0 Å². The molecule has 0 radical (unpaired) electrons. The Hall–Kier alpha value is -2.76. The molecule has 0 atom stereocenters. The van der Waals surface area contributed by atoms with Crippen LogP contribution >= 0.6 is 23.2 Å². The van der Waals surface area contributed by atoms with Crippen LogP contribution in [0.4, 0.5) is 0 Å². The zero-order valence-electron chi connectivity index (χ0n) is 19.1. The van der Waals surface area contributed by atoms with Crippen LogP contribution in [0.15, 0.2) is 53.7 Å². The van der Waals surface area contributed by atoms with Gasteiger partial charge in [0.2, 0.25) is 0 Å². The van der Waals surface area contributed by atoms with Gasteiger partial charge >= 0.3 is 5.97 Å². The predicted molar refractivity (Wildman–Crippen MR) is 132 cm³/mol. The number of halogens is 2. The first kappa shape index (κ1) is 23.4. The van der Waals surface area contributed by atoms with Crippen LogP contribution in [-0.4, -0.2) is 22.9 Å². The third-order valence-electron chi connectivity index (χ3n) is 5.68. The molecule has 1 heterocycles. The number of carbonyl (C=O) groups excluding carboxylic acids is 1. The Balaban J connectivity index is 1.55. The second-order valence-electron chi connectivity index (χ2n) is 9.20. The number of carbonyl (C=O) groups is 1. The molecule has 3 aromatic rings. The molecule has 1 aliphatic carbocycles. The number of nitrogens with zero attached hydrogens (tertiary/aromatic N) is 2. The van der Waals surface area contributed by atoms with Crippen molar-refractivity contribution in [3.63, 3.8) is 0 Å². The largest absolute Gasteiger partial charge is 0.480 e. The van der Waals surface area contributed by atoms with E-state index in [1.54, 1.807) is 18.2 Å². The quantitative estimate of drug-likeness (QED) is 0.299. The summed E-state index contributed by atoms with van der Waals surface area (Å²) in [5.74, 6) is -0.245. The molecule has 172 valence electrons. The van der Waals surface area contributed by atoms with Gasteiger partial charge < -0.3 is 14.1 Å². The molecule has 5 nitrogen and oxygen atoms in total. The number of ether oxygens (including phenoxy) is 1. The van der Waals surface area contributed by atoms with Crippen LogP contribution in [0.25, 0.3) is 5.69 Å². The van der Waals surface area contributed by atoms with Gasteiger partial charge in [-0.1, -0.05) is 59.9 Å². The van der Waals surface area contributed by atoms with E-state index in [9.17, 15) is 4.79 Å². The Labute approximate surface area is 203 Å². The minimum absolute atomic E-state index is 0.0290. The van der Waals surface area contributed by atoms with E-state index >= 15 is 0 Å². The number of aryl methyl sites for hydroxylation is 2. The fourth-order valence-electron chi connectivity index (χ4n) is 4.17. The summed E-state index contributed by atoms with van der Waals surface area (Å²) >= 11 is 12.0. The van der Waals surface area contributed by atoms with Gasteiger partial charge in [0, 0.05) is 27.7 Å². The minimum atomic E-state index is -0.604. The molecule has 0 bridgehead atoms. The summed E-state index contributed by atoms with van der Waals surface area (Å²) in [7, 11) is 0. The molecule has 4 rings (SSSR count). The average molecular weight is 485 g/mol. The summed E-state index contributed by atoms with van der Waals surface area (Å²) in [5.41, 5.74) is 6.36. The number of oxime groups is 1. The molecule has 0 saturated heterocycles. The maximum Gasteiger partial charge on any atom is 0.372 e. The smallest absolute Gasteiger partial charge is 0.372 e. The second-order valence-corrected chi connectivity index (χ2v) is 10.0. The molecular weight excluding hydrogens is 459 g/mol. The fourth-order valence-corrected chi connectivity index (χ4v) is 4.64. The number of aromatic nitrogens is 1. The van der Waals surface area contributed by atoms with Gasteiger partial charge in [0.15, 0.2) is 6.61 Å². The number of fused-ring (bicyclic) bond motifs is 1. The highest BCUT2D eigenvalue weighted by Crippen LogP contribution is 2.38. The molecule has 2 aromatic carbocycles. The second kappa shape index (κ2) is 9.24. The maximum absolute atomic E-state index is 12.3. The molecule has 1 aromatic heterocycles. The van der Waals surface area contributed by atoms with Gasteiger partial charge in [-0.15, -0.1) is 0 Å².